The molecule has 6 heterocycles. The van der Waals surface area contributed by atoms with Gasteiger partial charge in [-0.15, -0.1) is 11.3 Å². The number of hydrogen-bond acceptors (Lipinski definition) is 5. The van der Waals surface area contributed by atoms with Gasteiger partial charge in [-0.2, -0.15) is 5.26 Å². The van der Waals surface area contributed by atoms with Gasteiger partial charge >= 0.3 is 0 Å². The second-order valence-electron chi connectivity index (χ2n) is 16.4. The standard InChI is InChI=1S/C49H31BN4OS/c1-49(2,3)28-21-22-40-32(25-28)46-48(55-40)50-33-14-9-18-37-47(33)54(36-17-8-13-30-29-11-4-6-15-34(29)52(37)45(30)36)39-24-27(26-51)23-38(44(39)50)53(46)35-16-10-20-42-43(35)31-12-5-7-19-41(31)56-42/h4-25H,1-3H3. The van der Waals surface area contributed by atoms with Crippen molar-refractivity contribution in [3.63, 3.8) is 0 Å². The molecule has 262 valence electrons. The zero-order valence-corrected chi connectivity index (χ0v) is 31.7. The van der Waals surface area contributed by atoms with E-state index in [-0.39, 0.29) is 12.1 Å². The summed E-state index contributed by atoms with van der Waals surface area (Å²) in [6.07, 6.45) is 0. The number of nitriles is 1. The Labute approximate surface area is 326 Å². The molecule has 3 aliphatic rings. The van der Waals surface area contributed by atoms with E-state index in [1.165, 1.54) is 53.0 Å². The van der Waals surface area contributed by atoms with Crippen LogP contribution in [-0.4, -0.2) is 11.3 Å². The summed E-state index contributed by atoms with van der Waals surface area (Å²) in [6, 6.07) is 51.0. The zero-order valence-electron chi connectivity index (χ0n) is 30.9. The lowest BCUT2D eigenvalue weighted by atomic mass is 9.35. The van der Waals surface area contributed by atoms with Crippen molar-refractivity contribution >= 4 is 122 Å². The van der Waals surface area contributed by atoms with E-state index in [9.17, 15) is 5.26 Å². The van der Waals surface area contributed by atoms with Crippen molar-refractivity contribution in [2.24, 2.45) is 0 Å². The van der Waals surface area contributed by atoms with E-state index in [0.717, 1.165) is 61.9 Å². The number of fused-ring (bicyclic) bond motifs is 14. The van der Waals surface area contributed by atoms with Crippen molar-refractivity contribution in [3.8, 4) is 11.8 Å². The summed E-state index contributed by atoms with van der Waals surface area (Å²) in [5.41, 5.74) is 15.8. The molecule has 13 rings (SSSR count). The first-order valence-corrected chi connectivity index (χ1v) is 20.0. The smallest absolute Gasteiger partial charge is 0.297 e. The normalized spacial score (nSPS) is 13.9. The van der Waals surface area contributed by atoms with Crippen LogP contribution in [0.2, 0.25) is 0 Å². The summed E-state index contributed by atoms with van der Waals surface area (Å²) >= 11 is 1.82. The van der Waals surface area contributed by atoms with Gasteiger partial charge in [-0.25, -0.2) is 0 Å². The van der Waals surface area contributed by atoms with Crippen LogP contribution in [0.15, 0.2) is 138 Å². The van der Waals surface area contributed by atoms with Crippen LogP contribution in [0.5, 0.6) is 0 Å². The number of rotatable bonds is 1. The van der Waals surface area contributed by atoms with Gasteiger partial charge in [0, 0.05) is 47.7 Å². The van der Waals surface area contributed by atoms with Gasteiger partial charge in [0.1, 0.15) is 5.58 Å². The first-order chi connectivity index (χ1) is 27.4. The predicted molar refractivity (Wildman–Crippen MR) is 234 cm³/mol. The molecular formula is C49H31BN4OS. The Morgan fingerprint density at radius 2 is 1.32 bits per heavy atom. The average molecular weight is 735 g/mol. The Kier molecular flexibility index (Phi) is 5.63. The van der Waals surface area contributed by atoms with Crippen LogP contribution in [0.1, 0.15) is 31.9 Å². The summed E-state index contributed by atoms with van der Waals surface area (Å²) in [5, 5.41) is 16.8. The van der Waals surface area contributed by atoms with E-state index in [2.05, 4.69) is 175 Å². The molecule has 3 aliphatic heterocycles. The van der Waals surface area contributed by atoms with Gasteiger partial charge in [0.2, 0.25) is 0 Å². The molecule has 0 spiro atoms. The molecule has 0 bridgehead atoms. The Morgan fingerprint density at radius 3 is 2.16 bits per heavy atom. The molecule has 0 unspecified atom stereocenters. The van der Waals surface area contributed by atoms with E-state index >= 15 is 0 Å². The van der Waals surface area contributed by atoms with Gasteiger partial charge in [-0.3, -0.25) is 0 Å². The summed E-state index contributed by atoms with van der Waals surface area (Å²) in [5.74, 6) is 0. The van der Waals surface area contributed by atoms with Crippen LogP contribution in [0.3, 0.4) is 0 Å². The first kappa shape index (κ1) is 30.6. The van der Waals surface area contributed by atoms with Gasteiger partial charge in [-0.1, -0.05) is 93.6 Å². The number of hydrogen-bond donors (Lipinski definition) is 0. The van der Waals surface area contributed by atoms with E-state index in [1.807, 2.05) is 11.3 Å². The number of aromatic nitrogens is 1. The summed E-state index contributed by atoms with van der Waals surface area (Å²) in [4.78, 5) is 4.87. The van der Waals surface area contributed by atoms with Crippen LogP contribution in [0, 0.1) is 11.3 Å². The highest BCUT2D eigenvalue weighted by Gasteiger charge is 2.49. The van der Waals surface area contributed by atoms with Crippen LogP contribution in [-0.2, 0) is 5.41 Å². The lowest BCUT2D eigenvalue weighted by Gasteiger charge is -2.44. The van der Waals surface area contributed by atoms with Gasteiger partial charge < -0.3 is 18.8 Å². The minimum absolute atomic E-state index is 0.0669. The van der Waals surface area contributed by atoms with Crippen LogP contribution in [0.25, 0.3) is 58.6 Å². The molecule has 0 N–H and O–H groups in total. The Bertz CT molecular complexity index is 3470. The molecule has 0 saturated heterocycles. The van der Waals surface area contributed by atoms with Gasteiger partial charge in [-0.05, 0) is 82.6 Å². The third kappa shape index (κ3) is 3.66. The maximum absolute atomic E-state index is 10.9. The fourth-order valence-corrected chi connectivity index (χ4v) is 11.2. The molecule has 7 aromatic carbocycles. The van der Waals surface area contributed by atoms with Gasteiger partial charge in [0.15, 0.2) is 0 Å². The largest absolute Gasteiger partial charge is 0.468 e. The topological polar surface area (TPSA) is 48.3 Å². The Balaban J connectivity index is 1.22. The molecule has 0 aliphatic carbocycles. The second-order valence-corrected chi connectivity index (χ2v) is 17.5. The number of anilines is 6. The van der Waals surface area contributed by atoms with E-state index in [0.29, 0.717) is 5.56 Å². The van der Waals surface area contributed by atoms with Crippen molar-refractivity contribution in [3.05, 3.63) is 145 Å². The van der Waals surface area contributed by atoms with E-state index in [4.69, 9.17) is 4.42 Å². The molecular weight excluding hydrogens is 703 g/mol. The zero-order chi connectivity index (χ0) is 37.2. The first-order valence-electron chi connectivity index (χ1n) is 19.2. The average Bonchev–Trinajstić information content (AvgIpc) is 3.90. The summed E-state index contributed by atoms with van der Waals surface area (Å²) in [6.45, 7) is 6.59. The quantitative estimate of drug-likeness (QED) is 0.158. The summed E-state index contributed by atoms with van der Waals surface area (Å²) in [7, 11) is 0. The third-order valence-corrected chi connectivity index (χ3v) is 13.6. The molecule has 0 amide bonds. The third-order valence-electron chi connectivity index (χ3n) is 12.4. The van der Waals surface area contributed by atoms with Crippen LogP contribution in [0.4, 0.5) is 34.1 Å². The SMILES string of the molecule is CC(C)(C)c1ccc2oc3c(c2c1)N(c1cccc2sc4ccccc4c12)c1cc(C#N)cc2c1B3c1cccc3c1N2c1cccc2c4ccccc4n-3c12. The number of thiophene rings is 1. The molecule has 56 heavy (non-hydrogen) atoms. The number of nitrogens with zero attached hydrogens (tertiary/aromatic N) is 4. The lowest BCUT2D eigenvalue weighted by molar-refractivity contribution is 0.590. The predicted octanol–water partition coefficient (Wildman–Crippen LogP) is 11.5. The molecule has 0 atom stereocenters. The molecule has 5 nitrogen and oxygen atoms in total. The molecule has 0 fully saturated rings. The van der Waals surface area contributed by atoms with Crippen molar-refractivity contribution < 1.29 is 4.42 Å². The van der Waals surface area contributed by atoms with Gasteiger partial charge in [0.05, 0.1) is 56.8 Å². The van der Waals surface area contributed by atoms with Crippen molar-refractivity contribution in [1.29, 1.82) is 5.26 Å². The molecule has 3 aromatic heterocycles. The number of para-hydroxylation sites is 3. The van der Waals surface area contributed by atoms with Crippen molar-refractivity contribution in [2.45, 2.75) is 26.2 Å². The van der Waals surface area contributed by atoms with Gasteiger partial charge in [0.25, 0.3) is 6.71 Å². The monoisotopic (exact) mass is 734 g/mol. The van der Waals surface area contributed by atoms with E-state index < -0.39 is 0 Å². The maximum atomic E-state index is 10.9. The second kappa shape index (κ2) is 10.3. The fraction of sp³-hybridized carbons (Fsp3) is 0.0816. The highest BCUT2D eigenvalue weighted by atomic mass is 32.1. The Morgan fingerprint density at radius 1 is 0.625 bits per heavy atom. The fourth-order valence-electron chi connectivity index (χ4n) is 10.1. The van der Waals surface area contributed by atoms with Crippen molar-refractivity contribution in [1.82, 2.24) is 4.57 Å². The molecule has 0 saturated carbocycles. The minimum atomic E-state index is -0.211. The highest BCUT2D eigenvalue weighted by molar-refractivity contribution is 7.26. The Hall–Kier alpha value is -6.75. The molecule has 10 aromatic rings. The molecule has 7 heteroatoms. The maximum Gasteiger partial charge on any atom is 0.297 e. The van der Waals surface area contributed by atoms with Crippen LogP contribution < -0.4 is 26.4 Å². The minimum Gasteiger partial charge on any atom is -0.468 e. The van der Waals surface area contributed by atoms with E-state index in [1.54, 1.807) is 0 Å². The van der Waals surface area contributed by atoms with Crippen molar-refractivity contribution in [2.75, 3.05) is 9.80 Å². The number of furan rings is 1. The lowest BCUT2D eigenvalue weighted by Crippen LogP contribution is -2.61. The number of benzene rings is 7. The molecule has 0 radical (unpaired) electrons. The van der Waals surface area contributed by atoms with Crippen LogP contribution >= 0.6 is 11.3 Å². The highest BCUT2D eigenvalue weighted by Crippen LogP contribution is 2.54. The summed E-state index contributed by atoms with van der Waals surface area (Å²) < 4.78 is 12.2.